The fourth-order valence-corrected chi connectivity index (χ4v) is 13.9. The standard InChI is InChI=1S/C26H35N6O13PS.C21H27N6O10PS.CH4/c1-13(2)42-26(37)40-12-47-46(38,45-21-16(9-33)44-24(22(21)39-3)31-7-5-18(35)30-25(31)36)41-10-17-15(34)8-19(43-17)32-11-29-20-14(27)4-6-28-23(20)32;1-33-18-17(12(7-28)36-20(18)26-5-3-14(30)25-21(26)31)37-38(32,39)34-8-13-11(29)6-15(35-13)27-9-24-16-10(22)2-4-23-19(16)27;/h4-7,11,13,15-17,19,21-22,24,33-34H,8-10,12H2,1-3H3,(H2,27,28)(H,30,35,36);2-5,9,11-13,15,17-18,20,28-29H,6-8H2,1H3,(H2,22,23)(H,32,39)(H,25,30,31);1H4/t15-,16-,17-,19-,21+,22?,24-,46?;11-,12-,13-,15-,17+,18?,20-,38?;/m11./s1. The van der Waals surface area contributed by atoms with Crippen molar-refractivity contribution in [3.8, 4) is 0 Å². The van der Waals surface area contributed by atoms with E-state index in [0.29, 0.717) is 45.1 Å². The number of anilines is 2. The molecule has 10 heterocycles. The summed E-state index contributed by atoms with van der Waals surface area (Å²) in [5.41, 5.74) is 11.9. The smallest absolute Gasteiger partial charge is 0.432 e. The van der Waals surface area contributed by atoms with Gasteiger partial charge in [0.1, 0.15) is 72.3 Å². The van der Waals surface area contributed by atoms with Gasteiger partial charge in [0.05, 0.1) is 68.8 Å². The molecule has 4 unspecified atom stereocenters. The van der Waals surface area contributed by atoms with E-state index in [4.69, 9.17) is 79.3 Å². The van der Waals surface area contributed by atoms with Gasteiger partial charge < -0.3 is 79.2 Å². The van der Waals surface area contributed by atoms with Gasteiger partial charge in [0, 0.05) is 75.4 Å². The van der Waals surface area contributed by atoms with Crippen molar-refractivity contribution in [2.45, 2.75) is 126 Å². The quantitative estimate of drug-likeness (QED) is 0.0250. The molecule has 35 nitrogen and oxygen atoms in total. The number of nitrogen functional groups attached to an aromatic ring is 2. The lowest BCUT2D eigenvalue weighted by molar-refractivity contribution is -0.0625. The van der Waals surface area contributed by atoms with Gasteiger partial charge >= 0.3 is 31.1 Å². The summed E-state index contributed by atoms with van der Waals surface area (Å²) in [6.07, 6.45) is -7.16. The van der Waals surface area contributed by atoms with Crippen molar-refractivity contribution in [3.63, 3.8) is 0 Å². The Labute approximate surface area is 501 Å². The van der Waals surface area contributed by atoms with Crippen molar-refractivity contribution in [1.82, 2.24) is 48.2 Å². The number of carbonyl (C=O) groups is 1. The second kappa shape index (κ2) is 28.7. The lowest BCUT2D eigenvalue weighted by Gasteiger charge is -2.28. The molecule has 0 aliphatic carbocycles. The Morgan fingerprint density at radius 1 is 0.713 bits per heavy atom. The summed E-state index contributed by atoms with van der Waals surface area (Å²) in [6, 6.07) is 5.45. The van der Waals surface area contributed by atoms with Gasteiger partial charge in [-0.25, -0.2) is 38.9 Å². The summed E-state index contributed by atoms with van der Waals surface area (Å²) in [5, 5.41) is 41.4. The van der Waals surface area contributed by atoms with Crippen LogP contribution in [0.1, 0.15) is 59.0 Å². The van der Waals surface area contributed by atoms with E-state index in [1.807, 2.05) is 0 Å². The summed E-state index contributed by atoms with van der Waals surface area (Å²) in [5.74, 6) is -0.536. The van der Waals surface area contributed by atoms with Gasteiger partial charge in [0.25, 0.3) is 11.1 Å². The zero-order valence-corrected chi connectivity index (χ0v) is 49.3. The van der Waals surface area contributed by atoms with Gasteiger partial charge in [-0.05, 0) is 37.8 Å². The lowest BCUT2D eigenvalue weighted by Crippen LogP contribution is -2.40. The fraction of sp³-hybridized carbons (Fsp3) is 0.562. The molecular formula is C48H66N12O23P2S2. The molecule has 6 aromatic rings. The number of hydrogen-bond acceptors (Lipinski definition) is 30. The molecule has 0 radical (unpaired) electrons. The van der Waals surface area contributed by atoms with Gasteiger partial charge in [-0.1, -0.05) is 7.43 Å². The van der Waals surface area contributed by atoms with Crippen molar-refractivity contribution in [2.75, 3.05) is 58.1 Å². The van der Waals surface area contributed by atoms with Gasteiger partial charge in [0.15, 0.2) is 29.7 Å². The number of carbonyl (C=O) groups excluding carboxylic acids is 1. The first-order chi connectivity index (χ1) is 41.0. The van der Waals surface area contributed by atoms with Crippen molar-refractivity contribution in [1.29, 1.82) is 0 Å². The molecule has 16 atom stereocenters. The van der Waals surface area contributed by atoms with Crippen LogP contribution in [0.2, 0.25) is 0 Å². The largest absolute Gasteiger partial charge is 0.509 e. The number of nitrogens with one attached hydrogen (secondary N) is 2. The molecule has 6 aromatic heterocycles. The minimum absolute atomic E-state index is 0. The van der Waals surface area contributed by atoms with E-state index in [1.165, 1.54) is 45.5 Å². The van der Waals surface area contributed by atoms with Crippen molar-refractivity contribution < 1.29 is 90.7 Å². The molecule has 0 amide bonds. The molecule has 4 saturated heterocycles. The third-order valence-corrected chi connectivity index (χ3v) is 18.7. The number of imidazole rings is 2. The number of H-pyrrole nitrogens is 2. The average Bonchev–Trinajstić information content (AvgIpc) is 1.81. The maximum atomic E-state index is 14.2. The van der Waals surface area contributed by atoms with Crippen LogP contribution in [0, 0.1) is 0 Å². The first-order valence-corrected chi connectivity index (χ1v) is 31.9. The third-order valence-electron chi connectivity index (χ3n) is 13.8. The Hall–Kier alpha value is -5.90. The molecule has 87 heavy (non-hydrogen) atoms. The van der Waals surface area contributed by atoms with E-state index in [0.717, 1.165) is 21.3 Å². The van der Waals surface area contributed by atoms with Crippen molar-refractivity contribution in [3.05, 3.63) is 103 Å². The number of pyridine rings is 2. The Morgan fingerprint density at radius 2 is 1.17 bits per heavy atom. The van der Waals surface area contributed by atoms with E-state index in [2.05, 4.69) is 29.9 Å². The zero-order valence-electron chi connectivity index (χ0n) is 45.9. The Morgan fingerprint density at radius 3 is 1.61 bits per heavy atom. The van der Waals surface area contributed by atoms with Crippen LogP contribution >= 0.6 is 24.9 Å². The second-order valence-electron chi connectivity index (χ2n) is 19.7. The molecule has 0 bridgehead atoms. The molecule has 4 aliphatic heterocycles. The van der Waals surface area contributed by atoms with Crippen LogP contribution in [0.4, 0.5) is 16.2 Å². The van der Waals surface area contributed by atoms with Gasteiger partial charge in [0.2, 0.25) is 0 Å². The maximum Gasteiger partial charge on any atom is 0.509 e. The molecule has 478 valence electrons. The normalized spacial score (nSPS) is 28.5. The highest BCUT2D eigenvalue weighted by Gasteiger charge is 2.52. The van der Waals surface area contributed by atoms with Crippen LogP contribution in [0.3, 0.4) is 0 Å². The highest BCUT2D eigenvalue weighted by atomic mass is 32.7. The van der Waals surface area contributed by atoms with Crippen LogP contribution < -0.4 is 34.0 Å². The van der Waals surface area contributed by atoms with Crippen LogP contribution in [0.5, 0.6) is 0 Å². The zero-order chi connectivity index (χ0) is 61.8. The number of aromatic nitrogens is 10. The summed E-state index contributed by atoms with van der Waals surface area (Å²) in [7, 11) is 2.60. The third kappa shape index (κ3) is 15.2. The highest BCUT2D eigenvalue weighted by Crippen LogP contribution is 2.63. The number of ether oxygens (including phenoxy) is 8. The van der Waals surface area contributed by atoms with Crippen molar-refractivity contribution in [2.24, 2.45) is 0 Å². The number of aliphatic hydroxyl groups excluding tert-OH is 4. The molecule has 4 fully saturated rings. The van der Waals surface area contributed by atoms with E-state index < -0.39 is 160 Å². The van der Waals surface area contributed by atoms with E-state index in [9.17, 15) is 53.9 Å². The van der Waals surface area contributed by atoms with E-state index >= 15 is 0 Å². The van der Waals surface area contributed by atoms with Gasteiger partial charge in [-0.15, -0.1) is 0 Å². The van der Waals surface area contributed by atoms with E-state index in [-0.39, 0.29) is 26.9 Å². The van der Waals surface area contributed by atoms with E-state index in [1.54, 1.807) is 41.3 Å². The number of aromatic amines is 2. The Kier molecular flexibility index (Phi) is 22.1. The summed E-state index contributed by atoms with van der Waals surface area (Å²) >= 11 is 5.66. The Bertz CT molecular complexity index is 3680. The number of rotatable bonds is 22. The van der Waals surface area contributed by atoms with Crippen LogP contribution in [-0.4, -0.2) is 193 Å². The Balaban J connectivity index is 0.000000227. The van der Waals surface area contributed by atoms with Crippen molar-refractivity contribution >= 4 is 76.6 Å². The fourth-order valence-electron chi connectivity index (χ4n) is 9.70. The predicted octanol–water partition coefficient (Wildman–Crippen LogP) is 0.251. The first kappa shape index (κ1) is 67.0. The summed E-state index contributed by atoms with van der Waals surface area (Å²) < 4.78 is 86.9. The number of nitrogens with zero attached hydrogens (tertiary/aromatic N) is 8. The molecule has 0 aromatic carbocycles. The van der Waals surface area contributed by atoms with Gasteiger partial charge in [-0.3, -0.25) is 51.4 Å². The molecule has 4 aliphatic rings. The monoisotopic (exact) mass is 1300 g/mol. The molecular weight excluding hydrogens is 1240 g/mol. The molecule has 0 spiro atoms. The average molecular weight is 1310 g/mol. The number of hydrogen-bond donors (Lipinski definition) is 9. The van der Waals surface area contributed by atoms with Crippen LogP contribution in [0.15, 0.2) is 80.9 Å². The molecule has 11 N–H and O–H groups in total. The number of methoxy groups -OCH3 is 2. The minimum atomic E-state index is -4.37. The van der Waals surface area contributed by atoms with Crippen LogP contribution in [0.25, 0.3) is 22.3 Å². The number of aliphatic hydroxyl groups is 4. The summed E-state index contributed by atoms with van der Waals surface area (Å²) in [4.78, 5) is 91.9. The highest BCUT2D eigenvalue weighted by molar-refractivity contribution is 8.55. The molecule has 0 saturated carbocycles. The number of nitrogens with two attached hydrogens (primary N) is 2. The minimum Gasteiger partial charge on any atom is -0.432 e. The van der Waals surface area contributed by atoms with Gasteiger partial charge in [-0.2, -0.15) is 0 Å². The predicted molar refractivity (Wildman–Crippen MR) is 307 cm³/mol. The molecule has 39 heteroatoms. The maximum absolute atomic E-state index is 14.2. The number of fused-ring (bicyclic) bond motifs is 2. The molecule has 10 rings (SSSR count). The topological polar surface area (TPSA) is 469 Å². The lowest BCUT2D eigenvalue weighted by atomic mass is 10.1. The van der Waals surface area contributed by atoms with Crippen LogP contribution in [-0.2, 0) is 72.4 Å². The summed E-state index contributed by atoms with van der Waals surface area (Å²) in [6.45, 7) is -7.11. The first-order valence-electron chi connectivity index (χ1n) is 26.1. The second-order valence-corrected chi connectivity index (χ2v) is 26.5. The SMILES string of the molecule is C.COC1[C@@H](OP(=O)(OC[C@H]2O[C@@H](n3cnc4c(N)ccnc43)C[C@H]2O)SCOC(=O)OC(C)C)[C@@H](CO)O[C@H]1n1ccc(=O)[nH]c1=O.COC1[C@@H](OP(O)(=S)OC[C@H]2O[C@@H](n3cnc4c(N)ccnc43)C[C@H]2O)[C@@H](CO)O[C@H]1n1ccc(=O)[nH]c1=O.